The third-order valence-electron chi connectivity index (χ3n) is 4.78. The third-order valence-corrected chi connectivity index (χ3v) is 4.78. The maximum absolute atomic E-state index is 11.9. The molecule has 0 bridgehead atoms. The number of aliphatic carboxylic acids is 1. The number of aliphatic hydroxyl groups is 1. The summed E-state index contributed by atoms with van der Waals surface area (Å²) in [6, 6.07) is 19.0. The van der Waals surface area contributed by atoms with Crippen LogP contribution >= 0.6 is 0 Å². The van der Waals surface area contributed by atoms with Gasteiger partial charge >= 0.3 is 5.97 Å². The molecule has 0 saturated heterocycles. The van der Waals surface area contributed by atoms with Gasteiger partial charge in [-0.2, -0.15) is 0 Å². The van der Waals surface area contributed by atoms with Crippen LogP contribution in [0.25, 0.3) is 0 Å². The number of ether oxygens (including phenoxy) is 2. The fourth-order valence-electron chi connectivity index (χ4n) is 3.10. The summed E-state index contributed by atoms with van der Waals surface area (Å²) >= 11 is 0. The lowest BCUT2D eigenvalue weighted by atomic mass is 9.99. The largest absolute Gasteiger partial charge is 0.488 e. The van der Waals surface area contributed by atoms with Crippen molar-refractivity contribution < 1.29 is 24.5 Å². The SMILES string of the molecule is O=C(O)/C(OCc1ccccc1)=C(/OCc1ccccc1)C1(CCO)CC1. The van der Waals surface area contributed by atoms with Crippen LogP contribution < -0.4 is 0 Å². The van der Waals surface area contributed by atoms with E-state index < -0.39 is 11.4 Å². The van der Waals surface area contributed by atoms with Gasteiger partial charge in [-0.1, -0.05) is 60.7 Å². The van der Waals surface area contributed by atoms with Crippen LogP contribution in [0.2, 0.25) is 0 Å². The van der Waals surface area contributed by atoms with Crippen molar-refractivity contribution in [2.24, 2.45) is 5.41 Å². The molecule has 0 heterocycles. The molecule has 27 heavy (non-hydrogen) atoms. The van der Waals surface area contributed by atoms with Crippen LogP contribution in [-0.4, -0.2) is 22.8 Å². The molecule has 0 aromatic heterocycles. The maximum atomic E-state index is 11.9. The molecule has 1 fully saturated rings. The van der Waals surface area contributed by atoms with E-state index in [1.54, 1.807) is 0 Å². The van der Waals surface area contributed by atoms with Gasteiger partial charge in [-0.05, 0) is 30.4 Å². The van der Waals surface area contributed by atoms with Crippen molar-refractivity contribution in [2.45, 2.75) is 32.5 Å². The molecule has 142 valence electrons. The number of carboxylic acids is 1. The van der Waals surface area contributed by atoms with Gasteiger partial charge in [0.2, 0.25) is 5.76 Å². The number of carbonyl (C=O) groups is 1. The topological polar surface area (TPSA) is 76.0 Å². The highest BCUT2D eigenvalue weighted by Gasteiger charge is 2.50. The third kappa shape index (κ3) is 4.89. The van der Waals surface area contributed by atoms with E-state index in [2.05, 4.69) is 0 Å². The van der Waals surface area contributed by atoms with E-state index in [0.717, 1.165) is 24.0 Å². The Hall–Kier alpha value is -2.79. The monoisotopic (exact) mass is 368 g/mol. The molecule has 2 aromatic carbocycles. The maximum Gasteiger partial charge on any atom is 0.374 e. The van der Waals surface area contributed by atoms with E-state index in [-0.39, 0.29) is 25.6 Å². The first-order chi connectivity index (χ1) is 13.1. The lowest BCUT2D eigenvalue weighted by molar-refractivity contribution is -0.137. The first kappa shape index (κ1) is 19.0. The fourth-order valence-corrected chi connectivity index (χ4v) is 3.10. The van der Waals surface area contributed by atoms with Crippen LogP contribution in [0.1, 0.15) is 30.4 Å². The summed E-state index contributed by atoms with van der Waals surface area (Å²) in [6.45, 7) is 0.383. The van der Waals surface area contributed by atoms with Gasteiger partial charge in [0.1, 0.15) is 13.2 Å². The summed E-state index contributed by atoms with van der Waals surface area (Å²) in [6.07, 6.45) is 2.02. The summed E-state index contributed by atoms with van der Waals surface area (Å²) in [7, 11) is 0. The quantitative estimate of drug-likeness (QED) is 0.492. The number of carboxylic acid groups (broad SMARTS) is 1. The van der Waals surface area contributed by atoms with Crippen molar-refractivity contribution in [1.82, 2.24) is 0 Å². The zero-order chi connectivity index (χ0) is 19.1. The van der Waals surface area contributed by atoms with E-state index in [0.29, 0.717) is 12.2 Å². The van der Waals surface area contributed by atoms with Crippen LogP contribution in [0.5, 0.6) is 0 Å². The van der Waals surface area contributed by atoms with E-state index in [4.69, 9.17) is 9.47 Å². The molecule has 0 aliphatic heterocycles. The van der Waals surface area contributed by atoms with Gasteiger partial charge in [0.25, 0.3) is 0 Å². The molecule has 0 atom stereocenters. The standard InChI is InChI=1S/C22H24O5/c23-14-13-22(11-12-22)20(27-16-18-9-5-2-6-10-18)19(21(24)25)26-15-17-7-3-1-4-8-17/h1-10,23H,11-16H2,(H,24,25)/b20-19-. The first-order valence-corrected chi connectivity index (χ1v) is 9.07. The summed E-state index contributed by atoms with van der Waals surface area (Å²) in [5, 5.41) is 19.2. The van der Waals surface area contributed by atoms with E-state index in [1.807, 2.05) is 60.7 Å². The van der Waals surface area contributed by atoms with Gasteiger partial charge in [-0.25, -0.2) is 4.79 Å². The smallest absolute Gasteiger partial charge is 0.374 e. The van der Waals surface area contributed by atoms with E-state index >= 15 is 0 Å². The van der Waals surface area contributed by atoms with Crippen molar-refractivity contribution in [3.8, 4) is 0 Å². The first-order valence-electron chi connectivity index (χ1n) is 9.07. The second-order valence-electron chi connectivity index (χ2n) is 6.77. The molecule has 1 aliphatic carbocycles. The molecule has 3 rings (SSSR count). The molecular weight excluding hydrogens is 344 g/mol. The number of hydrogen-bond acceptors (Lipinski definition) is 4. The molecule has 0 radical (unpaired) electrons. The van der Waals surface area contributed by atoms with E-state index in [1.165, 1.54) is 0 Å². The molecule has 0 amide bonds. The Balaban J connectivity index is 1.85. The highest BCUT2D eigenvalue weighted by molar-refractivity contribution is 5.85. The molecule has 5 heteroatoms. The Bertz CT molecular complexity index is 779. The fraction of sp³-hybridized carbons (Fsp3) is 0.318. The Labute approximate surface area is 158 Å². The molecule has 1 saturated carbocycles. The number of rotatable bonds is 10. The minimum absolute atomic E-state index is 0.0240. The lowest BCUT2D eigenvalue weighted by Crippen LogP contribution is -2.19. The summed E-state index contributed by atoms with van der Waals surface area (Å²) in [5.74, 6) is -0.984. The van der Waals surface area contributed by atoms with Gasteiger partial charge < -0.3 is 19.7 Å². The molecule has 1 aliphatic rings. The van der Waals surface area contributed by atoms with Crippen molar-refractivity contribution in [3.63, 3.8) is 0 Å². The van der Waals surface area contributed by atoms with Gasteiger partial charge in [-0.3, -0.25) is 0 Å². The highest BCUT2D eigenvalue weighted by atomic mass is 16.5. The zero-order valence-electron chi connectivity index (χ0n) is 15.1. The van der Waals surface area contributed by atoms with Crippen LogP contribution in [-0.2, 0) is 27.5 Å². The summed E-state index contributed by atoms with van der Waals surface area (Å²) in [4.78, 5) is 11.9. The number of benzene rings is 2. The lowest BCUT2D eigenvalue weighted by Gasteiger charge is -2.22. The van der Waals surface area contributed by atoms with Crippen LogP contribution in [0.15, 0.2) is 72.2 Å². The summed E-state index contributed by atoms with van der Waals surface area (Å²) < 4.78 is 11.7. The van der Waals surface area contributed by atoms with Crippen molar-refractivity contribution in [2.75, 3.05) is 6.61 Å². The highest BCUT2D eigenvalue weighted by Crippen LogP contribution is 2.56. The van der Waals surface area contributed by atoms with Crippen LogP contribution in [0.3, 0.4) is 0 Å². The number of allylic oxidation sites excluding steroid dienone is 1. The zero-order valence-corrected chi connectivity index (χ0v) is 15.1. The molecule has 0 unspecified atom stereocenters. The predicted molar refractivity (Wildman–Crippen MR) is 100 cm³/mol. The molecule has 5 nitrogen and oxygen atoms in total. The van der Waals surface area contributed by atoms with Gasteiger partial charge in [-0.15, -0.1) is 0 Å². The molecule has 0 spiro atoms. The number of aliphatic hydroxyl groups excluding tert-OH is 1. The molecule has 2 N–H and O–H groups in total. The molecular formula is C22H24O5. The van der Waals surface area contributed by atoms with Gasteiger partial charge in [0.05, 0.1) is 0 Å². The molecule has 2 aromatic rings. The van der Waals surface area contributed by atoms with Gasteiger partial charge in [0.15, 0.2) is 5.76 Å². The van der Waals surface area contributed by atoms with Crippen molar-refractivity contribution >= 4 is 5.97 Å². The van der Waals surface area contributed by atoms with Crippen molar-refractivity contribution in [1.29, 1.82) is 0 Å². The minimum atomic E-state index is -1.15. The second-order valence-corrected chi connectivity index (χ2v) is 6.77. The Kier molecular flexibility index (Phi) is 6.14. The van der Waals surface area contributed by atoms with E-state index in [9.17, 15) is 15.0 Å². The van der Waals surface area contributed by atoms with Crippen LogP contribution in [0, 0.1) is 5.41 Å². The normalized spacial score (nSPS) is 15.6. The average Bonchev–Trinajstić information content (AvgIpc) is 3.46. The number of hydrogen-bond donors (Lipinski definition) is 2. The van der Waals surface area contributed by atoms with Crippen LogP contribution in [0.4, 0.5) is 0 Å². The average molecular weight is 368 g/mol. The Morgan fingerprint density at radius 3 is 1.85 bits per heavy atom. The summed E-state index contributed by atoms with van der Waals surface area (Å²) in [5.41, 5.74) is 1.38. The Morgan fingerprint density at radius 1 is 0.889 bits per heavy atom. The second kappa shape index (κ2) is 8.73. The minimum Gasteiger partial charge on any atom is -0.488 e. The van der Waals surface area contributed by atoms with Crippen molar-refractivity contribution in [3.05, 3.63) is 83.3 Å². The predicted octanol–water partition coefficient (Wildman–Crippen LogP) is 3.88. The van der Waals surface area contributed by atoms with Gasteiger partial charge in [0, 0.05) is 12.0 Å². The Morgan fingerprint density at radius 2 is 1.41 bits per heavy atom.